The summed E-state index contributed by atoms with van der Waals surface area (Å²) in [5.74, 6) is 0.646. The van der Waals surface area contributed by atoms with E-state index >= 15 is 0 Å². The third kappa shape index (κ3) is 4.12. The Bertz CT molecular complexity index is 858. The zero-order valence-electron chi connectivity index (χ0n) is 15.0. The summed E-state index contributed by atoms with van der Waals surface area (Å²) in [5, 5.41) is 3.05. The minimum Gasteiger partial charge on any atom is -0.379 e. The molecule has 1 aliphatic heterocycles. The van der Waals surface area contributed by atoms with E-state index in [1.165, 1.54) is 0 Å². The second kappa shape index (κ2) is 8.24. The van der Waals surface area contributed by atoms with Crippen molar-refractivity contribution in [3.8, 4) is 0 Å². The topological polar surface area (TPSA) is 84.7 Å². The summed E-state index contributed by atoms with van der Waals surface area (Å²) in [7, 11) is 0. The quantitative estimate of drug-likeness (QED) is 0.696. The molecule has 0 aromatic carbocycles. The standard InChI is InChI=1S/C19H22N6O2/c26-18(21-7-4-16-14-25-8-2-6-22-19(25)23-16)17(15-3-1-5-20-13-15)24-9-11-27-12-10-24/h1-3,5-6,8,13-14,17H,4,7,9-12H2,(H,21,26)/t17-/m0/s1. The van der Waals surface area contributed by atoms with Crippen LogP contribution in [0, 0.1) is 0 Å². The first kappa shape index (κ1) is 17.6. The van der Waals surface area contributed by atoms with Crippen molar-refractivity contribution in [2.75, 3.05) is 32.8 Å². The number of fused-ring (bicyclic) bond motifs is 1. The number of nitrogens with one attached hydrogen (secondary N) is 1. The predicted octanol–water partition coefficient (Wildman–Crippen LogP) is 0.856. The van der Waals surface area contributed by atoms with Crippen molar-refractivity contribution < 1.29 is 9.53 Å². The third-order valence-electron chi connectivity index (χ3n) is 4.63. The maximum absolute atomic E-state index is 12.9. The number of carbonyl (C=O) groups is 1. The predicted molar refractivity (Wildman–Crippen MR) is 99.1 cm³/mol. The Morgan fingerprint density at radius 1 is 1.26 bits per heavy atom. The van der Waals surface area contributed by atoms with Gasteiger partial charge in [-0.2, -0.15) is 0 Å². The summed E-state index contributed by atoms with van der Waals surface area (Å²) < 4.78 is 7.31. The van der Waals surface area contributed by atoms with Crippen molar-refractivity contribution in [3.05, 3.63) is 60.4 Å². The lowest BCUT2D eigenvalue weighted by atomic mass is 10.1. The maximum Gasteiger partial charge on any atom is 0.242 e. The molecule has 140 valence electrons. The van der Waals surface area contributed by atoms with Crippen LogP contribution in [0.4, 0.5) is 0 Å². The molecule has 0 radical (unpaired) electrons. The number of imidazole rings is 1. The van der Waals surface area contributed by atoms with Gasteiger partial charge in [0.15, 0.2) is 0 Å². The van der Waals surface area contributed by atoms with Crippen molar-refractivity contribution in [2.45, 2.75) is 12.5 Å². The Hall–Kier alpha value is -2.84. The second-order valence-electron chi connectivity index (χ2n) is 6.44. The molecule has 1 fully saturated rings. The maximum atomic E-state index is 12.9. The van der Waals surface area contributed by atoms with Crippen LogP contribution in [0.5, 0.6) is 0 Å². The van der Waals surface area contributed by atoms with E-state index in [9.17, 15) is 4.79 Å². The van der Waals surface area contributed by atoms with Crippen LogP contribution in [0.2, 0.25) is 0 Å². The normalized spacial score (nSPS) is 16.3. The molecule has 8 heteroatoms. The highest BCUT2D eigenvalue weighted by molar-refractivity contribution is 5.83. The monoisotopic (exact) mass is 366 g/mol. The van der Waals surface area contributed by atoms with Gasteiger partial charge in [0.25, 0.3) is 0 Å². The van der Waals surface area contributed by atoms with Crippen LogP contribution in [0.15, 0.2) is 49.2 Å². The van der Waals surface area contributed by atoms with Crippen molar-refractivity contribution in [3.63, 3.8) is 0 Å². The SMILES string of the molecule is O=C(NCCc1cn2cccnc2n1)[C@H](c1cccnc1)N1CCOCC1. The van der Waals surface area contributed by atoms with E-state index < -0.39 is 0 Å². The van der Waals surface area contributed by atoms with E-state index in [0.29, 0.717) is 32.0 Å². The minimum atomic E-state index is -0.356. The van der Waals surface area contributed by atoms with Crippen LogP contribution in [-0.2, 0) is 16.0 Å². The molecule has 0 spiro atoms. The van der Waals surface area contributed by atoms with Gasteiger partial charge in [0.2, 0.25) is 11.7 Å². The molecule has 3 aromatic rings. The largest absolute Gasteiger partial charge is 0.379 e. The van der Waals surface area contributed by atoms with E-state index in [1.807, 2.05) is 35.0 Å². The van der Waals surface area contributed by atoms with E-state index in [1.54, 1.807) is 18.6 Å². The molecule has 0 aliphatic carbocycles. The summed E-state index contributed by atoms with van der Waals surface area (Å²) in [4.78, 5) is 27.9. The number of hydrogen-bond donors (Lipinski definition) is 1. The van der Waals surface area contributed by atoms with Gasteiger partial charge in [-0.25, -0.2) is 9.97 Å². The number of ether oxygens (including phenoxy) is 1. The Kier molecular flexibility index (Phi) is 5.36. The number of rotatable bonds is 6. The average Bonchev–Trinajstić information content (AvgIpc) is 3.13. The summed E-state index contributed by atoms with van der Waals surface area (Å²) in [6, 6.07) is 5.31. The van der Waals surface area contributed by atoms with Crippen molar-refractivity contribution in [1.29, 1.82) is 0 Å². The van der Waals surface area contributed by atoms with Crippen molar-refractivity contribution in [2.24, 2.45) is 0 Å². The molecule has 3 aromatic heterocycles. The van der Waals surface area contributed by atoms with Crippen LogP contribution in [-0.4, -0.2) is 63.0 Å². The van der Waals surface area contributed by atoms with Gasteiger partial charge in [-0.1, -0.05) is 6.07 Å². The fourth-order valence-electron chi connectivity index (χ4n) is 3.31. The highest BCUT2D eigenvalue weighted by Crippen LogP contribution is 2.21. The molecule has 4 rings (SSSR count). The second-order valence-corrected chi connectivity index (χ2v) is 6.44. The van der Waals surface area contributed by atoms with Gasteiger partial charge in [0.05, 0.1) is 18.9 Å². The van der Waals surface area contributed by atoms with Gasteiger partial charge in [0.1, 0.15) is 6.04 Å². The highest BCUT2D eigenvalue weighted by Gasteiger charge is 2.29. The smallest absolute Gasteiger partial charge is 0.242 e. The Labute approximate surface area is 157 Å². The molecular weight excluding hydrogens is 344 g/mol. The molecule has 1 N–H and O–H groups in total. The number of amides is 1. The van der Waals surface area contributed by atoms with Crippen molar-refractivity contribution in [1.82, 2.24) is 29.6 Å². The molecule has 0 unspecified atom stereocenters. The molecule has 1 saturated heterocycles. The molecule has 8 nitrogen and oxygen atoms in total. The van der Waals surface area contributed by atoms with Gasteiger partial charge in [-0.15, -0.1) is 0 Å². The van der Waals surface area contributed by atoms with Gasteiger partial charge in [-0.3, -0.25) is 19.1 Å². The zero-order valence-corrected chi connectivity index (χ0v) is 15.0. The number of nitrogens with zero attached hydrogens (tertiary/aromatic N) is 5. The van der Waals surface area contributed by atoms with Crippen LogP contribution in [0.25, 0.3) is 5.78 Å². The Balaban J connectivity index is 1.41. The van der Waals surface area contributed by atoms with Gasteiger partial charge in [-0.05, 0) is 17.7 Å². The number of morpholine rings is 1. The molecule has 1 atom stereocenters. The highest BCUT2D eigenvalue weighted by atomic mass is 16.5. The summed E-state index contributed by atoms with van der Waals surface area (Å²) in [6.07, 6.45) is 9.69. The molecule has 4 heterocycles. The number of pyridine rings is 1. The average molecular weight is 366 g/mol. The van der Waals surface area contributed by atoms with E-state index in [2.05, 4.69) is 25.2 Å². The van der Waals surface area contributed by atoms with Gasteiger partial charge in [0, 0.05) is 57.0 Å². The summed E-state index contributed by atoms with van der Waals surface area (Å²) in [5.41, 5.74) is 1.80. The van der Waals surface area contributed by atoms with E-state index in [4.69, 9.17) is 4.74 Å². The van der Waals surface area contributed by atoms with Gasteiger partial charge < -0.3 is 10.1 Å². The first-order valence-corrected chi connectivity index (χ1v) is 9.09. The van der Waals surface area contributed by atoms with Crippen LogP contribution >= 0.6 is 0 Å². The molecule has 1 amide bonds. The number of hydrogen-bond acceptors (Lipinski definition) is 6. The summed E-state index contributed by atoms with van der Waals surface area (Å²) in [6.45, 7) is 3.25. The van der Waals surface area contributed by atoms with Crippen LogP contribution in [0.1, 0.15) is 17.3 Å². The van der Waals surface area contributed by atoms with Crippen molar-refractivity contribution >= 4 is 11.7 Å². The minimum absolute atomic E-state index is 0.0215. The zero-order chi connectivity index (χ0) is 18.5. The first-order chi connectivity index (χ1) is 13.3. The lowest BCUT2D eigenvalue weighted by Crippen LogP contribution is -2.46. The summed E-state index contributed by atoms with van der Waals surface area (Å²) >= 11 is 0. The van der Waals surface area contributed by atoms with Gasteiger partial charge >= 0.3 is 0 Å². The fraction of sp³-hybridized carbons (Fsp3) is 0.368. The molecule has 0 saturated carbocycles. The molecule has 1 aliphatic rings. The van der Waals surface area contributed by atoms with Crippen LogP contribution in [0.3, 0.4) is 0 Å². The third-order valence-corrected chi connectivity index (χ3v) is 4.63. The lowest BCUT2D eigenvalue weighted by molar-refractivity contribution is -0.128. The fourth-order valence-corrected chi connectivity index (χ4v) is 3.31. The Morgan fingerprint density at radius 3 is 2.93 bits per heavy atom. The molecule has 0 bridgehead atoms. The molecular formula is C19H22N6O2. The van der Waals surface area contributed by atoms with Crippen LogP contribution < -0.4 is 5.32 Å². The Morgan fingerprint density at radius 2 is 2.15 bits per heavy atom. The lowest BCUT2D eigenvalue weighted by Gasteiger charge is -2.33. The molecule has 27 heavy (non-hydrogen) atoms. The number of aromatic nitrogens is 4. The first-order valence-electron chi connectivity index (χ1n) is 9.09. The van der Waals surface area contributed by atoms with E-state index in [0.717, 1.165) is 24.3 Å². The number of carbonyl (C=O) groups excluding carboxylic acids is 1. The van der Waals surface area contributed by atoms with E-state index in [-0.39, 0.29) is 11.9 Å².